The Morgan fingerprint density at radius 1 is 0.947 bits per heavy atom. The number of amides is 1. The first-order valence-corrected chi connectivity index (χ1v) is 12.0. The van der Waals surface area contributed by atoms with E-state index < -0.39 is 11.9 Å². The molecule has 7 heteroatoms. The Morgan fingerprint density at radius 2 is 1.76 bits per heavy atom. The number of benzene rings is 4. The summed E-state index contributed by atoms with van der Waals surface area (Å²) in [6.45, 7) is 5.38. The van der Waals surface area contributed by atoms with Crippen molar-refractivity contribution in [1.82, 2.24) is 5.43 Å². The minimum absolute atomic E-state index is 0.265. The highest BCUT2D eigenvalue weighted by Gasteiger charge is 2.14. The number of aryl methyl sites for hydroxylation is 1. The van der Waals surface area contributed by atoms with E-state index in [2.05, 4.69) is 17.1 Å². The molecular formula is C31H28N2O5. The van der Waals surface area contributed by atoms with Gasteiger partial charge in [0, 0.05) is 5.56 Å². The molecule has 192 valence electrons. The molecule has 0 aromatic heterocycles. The van der Waals surface area contributed by atoms with Gasteiger partial charge in [-0.25, -0.2) is 10.2 Å². The minimum Gasteiger partial charge on any atom is -0.493 e. The van der Waals surface area contributed by atoms with Crippen LogP contribution in [0.25, 0.3) is 10.8 Å². The number of carbonyl (C=O) groups excluding carboxylic acids is 2. The molecule has 4 aromatic carbocycles. The molecule has 0 atom stereocenters. The van der Waals surface area contributed by atoms with Crippen LogP contribution in [0.1, 0.15) is 27.0 Å². The van der Waals surface area contributed by atoms with Crippen LogP contribution in [0.5, 0.6) is 17.2 Å². The van der Waals surface area contributed by atoms with Crippen molar-refractivity contribution < 1.29 is 23.8 Å². The van der Waals surface area contributed by atoms with E-state index >= 15 is 0 Å². The molecule has 0 aliphatic heterocycles. The van der Waals surface area contributed by atoms with Crippen LogP contribution < -0.4 is 19.6 Å². The van der Waals surface area contributed by atoms with Crippen molar-refractivity contribution in [2.75, 3.05) is 13.7 Å². The number of allylic oxidation sites excluding steroid dienone is 1. The van der Waals surface area contributed by atoms with Crippen molar-refractivity contribution in [2.24, 2.45) is 5.10 Å². The van der Waals surface area contributed by atoms with Crippen LogP contribution in [0.15, 0.2) is 96.6 Å². The second-order valence-corrected chi connectivity index (χ2v) is 8.52. The molecule has 0 spiro atoms. The van der Waals surface area contributed by atoms with E-state index in [1.54, 1.807) is 36.4 Å². The number of nitrogens with zero attached hydrogens (tertiary/aromatic N) is 1. The van der Waals surface area contributed by atoms with Crippen molar-refractivity contribution in [2.45, 2.75) is 13.3 Å². The molecule has 1 amide bonds. The molecule has 4 aromatic rings. The lowest BCUT2D eigenvalue weighted by Crippen LogP contribution is -2.24. The standard InChI is InChI=1S/C31H28N2O5/c1-4-8-22-13-15-28(29(18-22)36-3)37-20-30(34)33-32-19-26-25-12-6-5-10-23(25)14-16-27(26)38-31(35)24-11-7-9-21(2)17-24/h4-7,9-19H,1,8,20H2,2-3H3,(H,33,34)/b32-19+. The van der Waals surface area contributed by atoms with Crippen molar-refractivity contribution >= 4 is 28.9 Å². The van der Waals surface area contributed by atoms with Crippen LogP contribution >= 0.6 is 0 Å². The summed E-state index contributed by atoms with van der Waals surface area (Å²) in [5.41, 5.74) is 5.44. The third kappa shape index (κ3) is 6.44. The average molecular weight is 509 g/mol. The Hall–Kier alpha value is -4.91. The molecule has 0 fully saturated rings. The van der Waals surface area contributed by atoms with Gasteiger partial charge in [0.2, 0.25) is 0 Å². The maximum atomic E-state index is 12.8. The third-order valence-corrected chi connectivity index (χ3v) is 5.74. The van der Waals surface area contributed by atoms with Crippen molar-refractivity contribution in [3.8, 4) is 17.2 Å². The molecule has 0 radical (unpaired) electrons. The Balaban J connectivity index is 1.48. The zero-order valence-electron chi connectivity index (χ0n) is 21.3. The number of rotatable bonds is 10. The van der Waals surface area contributed by atoms with Gasteiger partial charge >= 0.3 is 5.97 Å². The Labute approximate surface area is 221 Å². The molecule has 7 nitrogen and oxygen atoms in total. The van der Waals surface area contributed by atoms with Crippen LogP contribution in [-0.2, 0) is 11.2 Å². The summed E-state index contributed by atoms with van der Waals surface area (Å²) in [5.74, 6) is 0.352. The topological polar surface area (TPSA) is 86.2 Å². The number of hydrogen-bond donors (Lipinski definition) is 1. The predicted molar refractivity (Wildman–Crippen MR) is 148 cm³/mol. The summed E-state index contributed by atoms with van der Waals surface area (Å²) in [5, 5.41) is 5.86. The van der Waals surface area contributed by atoms with Gasteiger partial charge in [-0.3, -0.25) is 4.79 Å². The highest BCUT2D eigenvalue weighted by molar-refractivity contribution is 6.04. The zero-order valence-corrected chi connectivity index (χ0v) is 21.3. The number of hydrogen-bond acceptors (Lipinski definition) is 6. The summed E-state index contributed by atoms with van der Waals surface area (Å²) < 4.78 is 16.7. The normalized spacial score (nSPS) is 10.8. The largest absolute Gasteiger partial charge is 0.493 e. The number of nitrogens with one attached hydrogen (secondary N) is 1. The maximum absolute atomic E-state index is 12.8. The summed E-state index contributed by atoms with van der Waals surface area (Å²) in [7, 11) is 1.54. The minimum atomic E-state index is -0.482. The first-order chi connectivity index (χ1) is 18.5. The Morgan fingerprint density at radius 3 is 2.55 bits per heavy atom. The fraction of sp³-hybridized carbons (Fsp3) is 0.129. The number of methoxy groups -OCH3 is 1. The summed E-state index contributed by atoms with van der Waals surface area (Å²) in [6.07, 6.45) is 3.96. The van der Waals surface area contributed by atoms with Gasteiger partial charge in [0.15, 0.2) is 18.1 Å². The van der Waals surface area contributed by atoms with Crippen molar-refractivity contribution in [3.05, 3.63) is 114 Å². The number of carbonyl (C=O) groups is 2. The average Bonchev–Trinajstić information content (AvgIpc) is 2.93. The highest BCUT2D eigenvalue weighted by Crippen LogP contribution is 2.29. The van der Waals surface area contributed by atoms with Crippen LogP contribution in [0.4, 0.5) is 0 Å². The fourth-order valence-corrected chi connectivity index (χ4v) is 3.90. The smallest absolute Gasteiger partial charge is 0.343 e. The van der Waals surface area contributed by atoms with Gasteiger partial charge in [-0.05, 0) is 60.0 Å². The molecular weight excluding hydrogens is 480 g/mol. The molecule has 0 aliphatic carbocycles. The van der Waals surface area contributed by atoms with Gasteiger partial charge in [0.05, 0.1) is 18.9 Å². The number of hydrazone groups is 1. The number of fused-ring (bicyclic) bond motifs is 1. The van der Waals surface area contributed by atoms with Crippen molar-refractivity contribution in [3.63, 3.8) is 0 Å². The molecule has 0 saturated carbocycles. The first kappa shape index (κ1) is 26.2. The van der Waals surface area contributed by atoms with Crippen LogP contribution in [-0.4, -0.2) is 31.8 Å². The predicted octanol–water partition coefficient (Wildman–Crippen LogP) is 5.63. The van der Waals surface area contributed by atoms with E-state index in [1.165, 1.54) is 13.3 Å². The van der Waals surface area contributed by atoms with Gasteiger partial charge in [0.1, 0.15) is 5.75 Å². The van der Waals surface area contributed by atoms with Gasteiger partial charge in [0.25, 0.3) is 5.91 Å². The van der Waals surface area contributed by atoms with E-state index in [1.807, 2.05) is 55.5 Å². The number of ether oxygens (including phenoxy) is 3. The second kappa shape index (κ2) is 12.4. The maximum Gasteiger partial charge on any atom is 0.343 e. The third-order valence-electron chi connectivity index (χ3n) is 5.74. The molecule has 1 N–H and O–H groups in total. The quantitative estimate of drug-likeness (QED) is 0.0986. The van der Waals surface area contributed by atoms with Gasteiger partial charge in [-0.2, -0.15) is 5.10 Å². The van der Waals surface area contributed by atoms with Gasteiger partial charge in [-0.1, -0.05) is 60.2 Å². The molecule has 0 unspecified atom stereocenters. The zero-order chi connectivity index (χ0) is 26.9. The Kier molecular flexibility index (Phi) is 8.51. The lowest BCUT2D eigenvalue weighted by atomic mass is 10.0. The van der Waals surface area contributed by atoms with Crippen LogP contribution in [0, 0.1) is 6.92 Å². The molecule has 38 heavy (non-hydrogen) atoms. The summed E-state index contributed by atoms with van der Waals surface area (Å²) >= 11 is 0. The van der Waals surface area contributed by atoms with Crippen LogP contribution in [0.3, 0.4) is 0 Å². The monoisotopic (exact) mass is 508 g/mol. The first-order valence-electron chi connectivity index (χ1n) is 12.0. The van der Waals surface area contributed by atoms with E-state index in [4.69, 9.17) is 14.2 Å². The molecule has 0 aliphatic rings. The molecule has 0 bridgehead atoms. The van der Waals surface area contributed by atoms with E-state index in [0.717, 1.165) is 21.9 Å². The SMILES string of the molecule is C=CCc1ccc(OCC(=O)N/N=C/c2c(OC(=O)c3cccc(C)c3)ccc3ccccc23)c(OC)c1. The molecule has 4 rings (SSSR count). The second-order valence-electron chi connectivity index (χ2n) is 8.52. The van der Waals surface area contributed by atoms with Crippen molar-refractivity contribution in [1.29, 1.82) is 0 Å². The van der Waals surface area contributed by atoms with Crippen LogP contribution in [0.2, 0.25) is 0 Å². The van der Waals surface area contributed by atoms with E-state index in [0.29, 0.717) is 34.8 Å². The molecule has 0 saturated heterocycles. The lowest BCUT2D eigenvalue weighted by Gasteiger charge is -2.12. The molecule has 0 heterocycles. The Bertz CT molecular complexity index is 1510. The van der Waals surface area contributed by atoms with Gasteiger partial charge < -0.3 is 14.2 Å². The lowest BCUT2D eigenvalue weighted by molar-refractivity contribution is -0.123. The van der Waals surface area contributed by atoms with E-state index in [-0.39, 0.29) is 6.61 Å². The van der Waals surface area contributed by atoms with E-state index in [9.17, 15) is 9.59 Å². The van der Waals surface area contributed by atoms with Gasteiger partial charge in [-0.15, -0.1) is 6.58 Å². The summed E-state index contributed by atoms with van der Waals surface area (Å²) in [6, 6.07) is 23.9. The fourth-order valence-electron chi connectivity index (χ4n) is 3.90. The highest BCUT2D eigenvalue weighted by atomic mass is 16.5. The number of esters is 1. The summed E-state index contributed by atoms with van der Waals surface area (Å²) in [4.78, 5) is 25.2.